The Kier molecular flexibility index (Phi) is 5.85. The SMILES string of the molecule is Cc1cccc([C@H](C)CNC(=O)C(=O)Nc2ccc(F)c(C#N)c2)c1. The van der Waals surface area contributed by atoms with Gasteiger partial charge in [-0.05, 0) is 36.6 Å². The summed E-state index contributed by atoms with van der Waals surface area (Å²) >= 11 is 0. The maximum Gasteiger partial charge on any atom is 0.313 e. The van der Waals surface area contributed by atoms with Gasteiger partial charge in [-0.15, -0.1) is 0 Å². The highest BCUT2D eigenvalue weighted by Gasteiger charge is 2.16. The third-order valence-electron chi connectivity index (χ3n) is 3.73. The monoisotopic (exact) mass is 339 g/mol. The fraction of sp³-hybridized carbons (Fsp3) is 0.211. The molecule has 0 unspecified atom stereocenters. The number of aryl methyl sites for hydroxylation is 1. The smallest absolute Gasteiger partial charge is 0.313 e. The van der Waals surface area contributed by atoms with Gasteiger partial charge < -0.3 is 10.6 Å². The van der Waals surface area contributed by atoms with Crippen molar-refractivity contribution in [3.8, 4) is 6.07 Å². The van der Waals surface area contributed by atoms with E-state index in [2.05, 4.69) is 10.6 Å². The maximum absolute atomic E-state index is 13.3. The lowest BCUT2D eigenvalue weighted by atomic mass is 9.99. The van der Waals surface area contributed by atoms with Gasteiger partial charge in [0.1, 0.15) is 11.9 Å². The van der Waals surface area contributed by atoms with Crippen molar-refractivity contribution < 1.29 is 14.0 Å². The fourth-order valence-electron chi connectivity index (χ4n) is 2.30. The van der Waals surface area contributed by atoms with Crippen molar-refractivity contribution in [1.82, 2.24) is 5.32 Å². The molecule has 6 heteroatoms. The van der Waals surface area contributed by atoms with E-state index < -0.39 is 17.6 Å². The minimum atomic E-state index is -0.869. The number of nitrogens with one attached hydrogen (secondary N) is 2. The number of benzene rings is 2. The molecular weight excluding hydrogens is 321 g/mol. The average Bonchev–Trinajstić information content (AvgIpc) is 2.60. The van der Waals surface area contributed by atoms with E-state index in [1.165, 1.54) is 12.1 Å². The number of halogens is 1. The van der Waals surface area contributed by atoms with Gasteiger partial charge in [0.25, 0.3) is 0 Å². The van der Waals surface area contributed by atoms with Crippen LogP contribution < -0.4 is 10.6 Å². The summed E-state index contributed by atoms with van der Waals surface area (Å²) in [6, 6.07) is 13.1. The van der Waals surface area contributed by atoms with Crippen molar-refractivity contribution in [2.45, 2.75) is 19.8 Å². The number of rotatable bonds is 4. The molecule has 0 aliphatic heterocycles. The number of nitrogens with zero attached hydrogens (tertiary/aromatic N) is 1. The minimum Gasteiger partial charge on any atom is -0.347 e. The third kappa shape index (κ3) is 4.88. The second-order valence-corrected chi connectivity index (χ2v) is 5.79. The van der Waals surface area contributed by atoms with E-state index in [-0.39, 0.29) is 17.2 Å². The maximum atomic E-state index is 13.3. The van der Waals surface area contributed by atoms with Gasteiger partial charge in [-0.1, -0.05) is 36.8 Å². The van der Waals surface area contributed by atoms with Crippen molar-refractivity contribution in [3.05, 3.63) is 65.0 Å². The van der Waals surface area contributed by atoms with E-state index in [0.717, 1.165) is 17.2 Å². The summed E-state index contributed by atoms with van der Waals surface area (Å²) in [6.45, 7) is 4.25. The number of carbonyl (C=O) groups is 2. The number of nitriles is 1. The molecule has 0 heterocycles. The van der Waals surface area contributed by atoms with Crippen LogP contribution in [0.2, 0.25) is 0 Å². The quantitative estimate of drug-likeness (QED) is 0.840. The first-order chi connectivity index (χ1) is 11.9. The van der Waals surface area contributed by atoms with Gasteiger partial charge in [0, 0.05) is 12.2 Å². The van der Waals surface area contributed by atoms with Gasteiger partial charge in [-0.25, -0.2) is 4.39 Å². The highest BCUT2D eigenvalue weighted by molar-refractivity contribution is 6.39. The van der Waals surface area contributed by atoms with Crippen LogP contribution in [0, 0.1) is 24.1 Å². The number of anilines is 1. The van der Waals surface area contributed by atoms with Crippen LogP contribution in [0.5, 0.6) is 0 Å². The molecule has 0 aliphatic carbocycles. The fourth-order valence-corrected chi connectivity index (χ4v) is 2.30. The Bertz CT molecular complexity index is 843. The summed E-state index contributed by atoms with van der Waals surface area (Å²) in [4.78, 5) is 23.8. The first-order valence-corrected chi connectivity index (χ1v) is 7.76. The van der Waals surface area contributed by atoms with Gasteiger partial charge >= 0.3 is 11.8 Å². The zero-order valence-electron chi connectivity index (χ0n) is 14.0. The number of hydrogen-bond donors (Lipinski definition) is 2. The molecule has 0 fully saturated rings. The molecule has 2 aromatic carbocycles. The first kappa shape index (κ1) is 18.1. The molecule has 1 atom stereocenters. The standard InChI is InChI=1S/C19H18FN3O2/c1-12-4-3-5-14(8-12)13(2)11-22-18(24)19(25)23-16-6-7-17(20)15(9-16)10-21/h3-9,13H,11H2,1-2H3,(H,22,24)(H,23,25)/t13-/m1/s1. The second kappa shape index (κ2) is 8.06. The van der Waals surface area contributed by atoms with Crippen LogP contribution in [-0.4, -0.2) is 18.4 Å². The van der Waals surface area contributed by atoms with Gasteiger partial charge in [0.15, 0.2) is 0 Å². The van der Waals surface area contributed by atoms with Gasteiger partial charge in [0.05, 0.1) is 5.56 Å². The number of hydrogen-bond acceptors (Lipinski definition) is 3. The lowest BCUT2D eigenvalue weighted by Gasteiger charge is -2.13. The van der Waals surface area contributed by atoms with Crippen molar-refractivity contribution in [3.63, 3.8) is 0 Å². The molecular formula is C19H18FN3O2. The average molecular weight is 339 g/mol. The summed E-state index contributed by atoms with van der Waals surface area (Å²) in [5, 5.41) is 13.7. The topological polar surface area (TPSA) is 82.0 Å². The summed E-state index contributed by atoms with van der Waals surface area (Å²) in [7, 11) is 0. The van der Waals surface area contributed by atoms with Crippen LogP contribution in [-0.2, 0) is 9.59 Å². The van der Waals surface area contributed by atoms with Crippen molar-refractivity contribution in [2.24, 2.45) is 0 Å². The molecule has 0 saturated heterocycles. The summed E-state index contributed by atoms with van der Waals surface area (Å²) in [5.74, 6) is -2.29. The molecule has 0 aromatic heterocycles. The molecule has 2 amide bonds. The lowest BCUT2D eigenvalue weighted by molar-refractivity contribution is -0.136. The first-order valence-electron chi connectivity index (χ1n) is 7.76. The molecule has 0 saturated carbocycles. The van der Waals surface area contributed by atoms with E-state index in [4.69, 9.17) is 5.26 Å². The van der Waals surface area contributed by atoms with Gasteiger partial charge in [-0.3, -0.25) is 9.59 Å². The van der Waals surface area contributed by atoms with E-state index in [1.807, 2.05) is 38.1 Å². The van der Waals surface area contributed by atoms with Crippen molar-refractivity contribution in [1.29, 1.82) is 5.26 Å². The third-order valence-corrected chi connectivity index (χ3v) is 3.73. The molecule has 2 rings (SSSR count). The van der Waals surface area contributed by atoms with Crippen LogP contribution in [0.15, 0.2) is 42.5 Å². The molecule has 0 bridgehead atoms. The molecule has 128 valence electrons. The molecule has 2 N–H and O–H groups in total. The van der Waals surface area contributed by atoms with Crippen molar-refractivity contribution >= 4 is 17.5 Å². The van der Waals surface area contributed by atoms with E-state index in [1.54, 1.807) is 6.07 Å². The predicted octanol–water partition coefficient (Wildman–Crippen LogP) is 2.86. The van der Waals surface area contributed by atoms with Crippen LogP contribution >= 0.6 is 0 Å². The summed E-state index contributed by atoms with van der Waals surface area (Å²) < 4.78 is 13.3. The molecule has 0 spiro atoms. The molecule has 25 heavy (non-hydrogen) atoms. The summed E-state index contributed by atoms with van der Waals surface area (Å²) in [5.41, 5.74) is 2.17. The van der Waals surface area contributed by atoms with Gasteiger partial charge in [-0.2, -0.15) is 5.26 Å². The highest BCUT2D eigenvalue weighted by Crippen LogP contribution is 2.16. The lowest BCUT2D eigenvalue weighted by Crippen LogP contribution is -2.37. The highest BCUT2D eigenvalue weighted by atomic mass is 19.1. The van der Waals surface area contributed by atoms with Crippen molar-refractivity contribution in [2.75, 3.05) is 11.9 Å². The number of carbonyl (C=O) groups excluding carboxylic acids is 2. The second-order valence-electron chi connectivity index (χ2n) is 5.79. The normalized spacial score (nSPS) is 11.3. The molecule has 0 aliphatic rings. The Balaban J connectivity index is 1.92. The Morgan fingerprint density at radius 1 is 1.20 bits per heavy atom. The van der Waals surface area contributed by atoms with Crippen LogP contribution in [0.3, 0.4) is 0 Å². The zero-order valence-corrected chi connectivity index (χ0v) is 14.0. The van der Waals surface area contributed by atoms with E-state index in [9.17, 15) is 14.0 Å². The summed E-state index contributed by atoms with van der Waals surface area (Å²) in [6.07, 6.45) is 0. The molecule has 0 radical (unpaired) electrons. The molecule has 2 aromatic rings. The number of amides is 2. The van der Waals surface area contributed by atoms with Crippen LogP contribution in [0.4, 0.5) is 10.1 Å². The Morgan fingerprint density at radius 2 is 1.96 bits per heavy atom. The Morgan fingerprint density at radius 3 is 2.64 bits per heavy atom. The van der Waals surface area contributed by atoms with E-state index >= 15 is 0 Å². The minimum absolute atomic E-state index is 0.0488. The largest absolute Gasteiger partial charge is 0.347 e. The van der Waals surface area contributed by atoms with Crippen LogP contribution in [0.25, 0.3) is 0 Å². The van der Waals surface area contributed by atoms with Crippen LogP contribution in [0.1, 0.15) is 29.5 Å². The molecule has 5 nitrogen and oxygen atoms in total. The van der Waals surface area contributed by atoms with Gasteiger partial charge in [0.2, 0.25) is 0 Å². The zero-order chi connectivity index (χ0) is 18.4. The van der Waals surface area contributed by atoms with E-state index in [0.29, 0.717) is 6.54 Å². The predicted molar refractivity (Wildman–Crippen MR) is 92.3 cm³/mol. The Hall–Kier alpha value is -3.20. The Labute approximate surface area is 145 Å².